The smallest absolute Gasteiger partial charge is 0.260 e. The average Bonchev–Trinajstić information content (AvgIpc) is 2.57. The second-order valence-corrected chi connectivity index (χ2v) is 7.06. The van der Waals surface area contributed by atoms with E-state index in [1.54, 1.807) is 30.6 Å². The van der Waals surface area contributed by atoms with Crippen molar-refractivity contribution in [3.8, 4) is 0 Å². The van der Waals surface area contributed by atoms with Gasteiger partial charge in [0.2, 0.25) is 0 Å². The van der Waals surface area contributed by atoms with Crippen LogP contribution >= 0.6 is 0 Å². The topological polar surface area (TPSA) is 74.6 Å². The number of aliphatic hydroxyl groups is 1. The fourth-order valence-corrected chi connectivity index (χ4v) is 2.98. The summed E-state index contributed by atoms with van der Waals surface area (Å²) in [5.74, 6) is -0.554. The lowest BCUT2D eigenvalue weighted by molar-refractivity contribution is -0.112. The van der Waals surface area contributed by atoms with E-state index in [9.17, 15) is 9.90 Å². The van der Waals surface area contributed by atoms with Crippen molar-refractivity contribution in [2.24, 2.45) is 4.40 Å². The van der Waals surface area contributed by atoms with Gasteiger partial charge in [-0.3, -0.25) is 9.78 Å². The van der Waals surface area contributed by atoms with Gasteiger partial charge in [0.25, 0.3) is 5.91 Å². The Hall–Kier alpha value is -2.38. The minimum atomic E-state index is -0.850. The van der Waals surface area contributed by atoms with Crippen molar-refractivity contribution in [3.63, 3.8) is 0 Å². The normalized spacial score (nSPS) is 13.4. The first-order valence-electron chi connectivity index (χ1n) is 7.12. The minimum absolute atomic E-state index is 0.0784. The van der Waals surface area contributed by atoms with Crippen LogP contribution in [0.4, 0.5) is 5.69 Å². The molecule has 0 saturated carbocycles. The van der Waals surface area contributed by atoms with Crippen molar-refractivity contribution in [3.05, 3.63) is 65.7 Å². The van der Waals surface area contributed by atoms with Gasteiger partial charge < -0.3 is 10.4 Å². The fraction of sp³-hybridized carbons (Fsp3) is 0.118. The standard InChI is InChI=1S/C17H17N3O2S2/c1-12-5-3-4-6-16(12)20-17(22)15(13(2)21)11-19-24(23)14-7-9-18-10-8-14/h3-11,21H,1-2H3,(H,20,22)/b15-13+,19-11+. The van der Waals surface area contributed by atoms with Crippen LogP contribution in [0.1, 0.15) is 12.5 Å². The van der Waals surface area contributed by atoms with Crippen molar-refractivity contribution >= 4 is 38.6 Å². The number of hydrogen-bond acceptors (Lipinski definition) is 4. The Morgan fingerprint density at radius 3 is 2.58 bits per heavy atom. The molecule has 0 spiro atoms. The van der Waals surface area contributed by atoms with Gasteiger partial charge in [0.1, 0.15) is 5.76 Å². The number of anilines is 1. The Balaban J connectivity index is 2.17. The maximum absolute atomic E-state index is 12.4. The zero-order chi connectivity index (χ0) is 17.5. The van der Waals surface area contributed by atoms with Gasteiger partial charge in [0.05, 0.1) is 11.8 Å². The third kappa shape index (κ3) is 4.81. The van der Waals surface area contributed by atoms with E-state index in [1.165, 1.54) is 13.1 Å². The van der Waals surface area contributed by atoms with Crippen LogP contribution in [0.5, 0.6) is 0 Å². The Kier molecular flexibility index (Phi) is 6.34. The predicted molar refractivity (Wildman–Crippen MR) is 101 cm³/mol. The molecule has 0 bridgehead atoms. The number of nitrogens with one attached hydrogen (secondary N) is 1. The van der Waals surface area contributed by atoms with Gasteiger partial charge in [-0.1, -0.05) is 18.2 Å². The summed E-state index contributed by atoms with van der Waals surface area (Å²) in [6.07, 6.45) is 4.59. The van der Waals surface area contributed by atoms with Crippen LogP contribution < -0.4 is 5.32 Å². The lowest BCUT2D eigenvalue weighted by Crippen LogP contribution is -2.17. The molecule has 1 aromatic heterocycles. The van der Waals surface area contributed by atoms with Gasteiger partial charge in [-0.2, -0.15) is 0 Å². The monoisotopic (exact) mass is 359 g/mol. The van der Waals surface area contributed by atoms with Crippen LogP contribution in [-0.4, -0.2) is 22.2 Å². The highest BCUT2D eigenvalue weighted by Crippen LogP contribution is 2.15. The van der Waals surface area contributed by atoms with Gasteiger partial charge in [0.15, 0.2) is 0 Å². The summed E-state index contributed by atoms with van der Waals surface area (Å²) in [6.45, 7) is 3.33. The lowest BCUT2D eigenvalue weighted by Gasteiger charge is -2.09. The maximum Gasteiger partial charge on any atom is 0.260 e. The van der Waals surface area contributed by atoms with Crippen LogP contribution in [0.25, 0.3) is 0 Å². The molecular formula is C17H17N3O2S2. The number of aryl methyl sites for hydroxylation is 1. The molecule has 1 amide bonds. The molecule has 2 N–H and O–H groups in total. The third-order valence-electron chi connectivity index (χ3n) is 3.16. The Morgan fingerprint density at radius 2 is 1.96 bits per heavy atom. The van der Waals surface area contributed by atoms with Gasteiger partial charge >= 0.3 is 0 Å². The van der Waals surface area contributed by atoms with E-state index in [-0.39, 0.29) is 11.3 Å². The molecule has 2 aromatic rings. The summed E-state index contributed by atoms with van der Waals surface area (Å²) in [4.78, 5) is 17.1. The summed E-state index contributed by atoms with van der Waals surface area (Å²) in [5.41, 5.74) is 1.69. The number of carbonyl (C=O) groups is 1. The molecule has 5 nitrogen and oxygen atoms in total. The highest BCUT2D eigenvalue weighted by atomic mass is 32.8. The molecule has 0 aliphatic rings. The van der Waals surface area contributed by atoms with E-state index >= 15 is 0 Å². The number of aromatic nitrogens is 1. The molecule has 24 heavy (non-hydrogen) atoms. The second kappa shape index (κ2) is 8.47. The molecular weight excluding hydrogens is 342 g/mol. The van der Waals surface area contributed by atoms with Crippen molar-refractivity contribution in [1.82, 2.24) is 4.98 Å². The number of allylic oxidation sites excluding steroid dienone is 1. The molecule has 1 aromatic carbocycles. The predicted octanol–water partition coefficient (Wildman–Crippen LogP) is 3.29. The number of benzene rings is 1. The van der Waals surface area contributed by atoms with Crippen molar-refractivity contribution in [2.75, 3.05) is 5.32 Å². The number of para-hydroxylation sites is 1. The summed E-state index contributed by atoms with van der Waals surface area (Å²) in [6, 6.07) is 11.0. The Bertz CT molecular complexity index is 814. The van der Waals surface area contributed by atoms with Gasteiger partial charge in [-0.25, -0.2) is 4.40 Å². The quantitative estimate of drug-likeness (QED) is 0.488. The number of carbonyl (C=O) groups excluding carboxylic acids is 1. The molecule has 0 aliphatic carbocycles. The molecule has 0 fully saturated rings. The molecule has 0 radical (unpaired) electrons. The summed E-state index contributed by atoms with van der Waals surface area (Å²) in [7, 11) is -0.850. The second-order valence-electron chi connectivity index (χ2n) is 4.93. The molecule has 7 heteroatoms. The summed E-state index contributed by atoms with van der Waals surface area (Å²) in [5, 5.41) is 12.6. The lowest BCUT2D eigenvalue weighted by atomic mass is 10.2. The van der Waals surface area contributed by atoms with Gasteiger partial charge in [-0.05, 0) is 48.8 Å². The third-order valence-corrected chi connectivity index (χ3v) is 4.96. The highest BCUT2D eigenvalue weighted by molar-refractivity contribution is 8.28. The number of amides is 1. The maximum atomic E-state index is 12.4. The van der Waals surface area contributed by atoms with Crippen LogP contribution in [0, 0.1) is 6.92 Å². The molecule has 1 heterocycles. The van der Waals surface area contributed by atoms with Crippen molar-refractivity contribution < 1.29 is 9.90 Å². The number of nitrogens with zero attached hydrogens (tertiary/aromatic N) is 2. The van der Waals surface area contributed by atoms with Crippen LogP contribution in [0.3, 0.4) is 0 Å². The van der Waals surface area contributed by atoms with Crippen LogP contribution in [0.2, 0.25) is 0 Å². The van der Waals surface area contributed by atoms with Crippen molar-refractivity contribution in [1.29, 1.82) is 0 Å². The van der Waals surface area contributed by atoms with Gasteiger partial charge in [0, 0.05) is 32.6 Å². The Morgan fingerprint density at radius 1 is 1.29 bits per heavy atom. The van der Waals surface area contributed by atoms with E-state index < -0.39 is 15.5 Å². The van der Waals surface area contributed by atoms with E-state index in [4.69, 9.17) is 11.2 Å². The number of hydrogen-bond donors (Lipinski definition) is 2. The van der Waals surface area contributed by atoms with E-state index in [0.29, 0.717) is 5.69 Å². The molecule has 0 aliphatic heterocycles. The van der Waals surface area contributed by atoms with Gasteiger partial charge in [-0.15, -0.1) is 0 Å². The van der Waals surface area contributed by atoms with Crippen molar-refractivity contribution in [2.45, 2.75) is 18.7 Å². The first-order valence-corrected chi connectivity index (χ1v) is 9.22. The largest absolute Gasteiger partial charge is 0.512 e. The number of rotatable bonds is 5. The van der Waals surface area contributed by atoms with E-state index in [0.717, 1.165) is 10.5 Å². The first kappa shape index (κ1) is 18.0. The molecule has 1 atom stereocenters. The highest BCUT2D eigenvalue weighted by Gasteiger charge is 2.12. The van der Waals surface area contributed by atoms with Crippen LogP contribution in [-0.2, 0) is 25.6 Å². The van der Waals surface area contributed by atoms with Crippen LogP contribution in [0.15, 0.2) is 69.4 Å². The van der Waals surface area contributed by atoms with E-state index in [1.807, 2.05) is 25.1 Å². The first-order chi connectivity index (χ1) is 11.5. The summed E-state index contributed by atoms with van der Waals surface area (Å²) < 4.78 is 4.21. The average molecular weight is 359 g/mol. The number of pyridine rings is 1. The fourth-order valence-electron chi connectivity index (χ4n) is 1.84. The zero-order valence-corrected chi connectivity index (χ0v) is 14.9. The molecule has 0 saturated heterocycles. The molecule has 2 rings (SSSR count). The SMILES string of the molecule is C/C(O)=C(/C=N/S(=S)c1ccncc1)C(=O)Nc1ccccc1C. The number of aliphatic hydroxyl groups excluding tert-OH is 1. The summed E-state index contributed by atoms with van der Waals surface area (Å²) >= 11 is 5.31. The van der Waals surface area contributed by atoms with E-state index in [2.05, 4.69) is 14.7 Å². The Labute approximate surface area is 147 Å². The molecule has 124 valence electrons. The molecule has 1 unspecified atom stereocenters. The zero-order valence-electron chi connectivity index (χ0n) is 13.3. The minimum Gasteiger partial charge on any atom is -0.512 e.